The number of nitrogens with one attached hydrogen (secondary N) is 1. The Balaban J connectivity index is 1.96. The average molecular weight is 321 g/mol. The second-order valence-corrected chi connectivity index (χ2v) is 5.81. The van der Waals surface area contributed by atoms with Crippen LogP contribution in [0.5, 0.6) is 0 Å². The van der Waals surface area contributed by atoms with Gasteiger partial charge in [0.05, 0.1) is 12.2 Å². The molecule has 1 aliphatic heterocycles. The second-order valence-electron chi connectivity index (χ2n) is 5.81. The topological polar surface area (TPSA) is 91.8 Å². The number of carboxylic acid groups (broad SMARTS) is 1. The van der Waals surface area contributed by atoms with Crippen LogP contribution in [0.25, 0.3) is 0 Å². The van der Waals surface area contributed by atoms with Crippen LogP contribution in [0, 0.1) is 0 Å². The van der Waals surface area contributed by atoms with E-state index in [1.165, 1.54) is 0 Å². The SMILES string of the molecule is CC1CN(c2ccnc(C(=O)NCCCC(=O)O)c2)CC(C)O1. The third-order valence-corrected chi connectivity index (χ3v) is 3.61. The van der Waals surface area contributed by atoms with Gasteiger partial charge in [-0.1, -0.05) is 0 Å². The summed E-state index contributed by atoms with van der Waals surface area (Å²) in [7, 11) is 0. The van der Waals surface area contributed by atoms with Gasteiger partial charge < -0.3 is 20.1 Å². The first kappa shape index (κ1) is 17.2. The van der Waals surface area contributed by atoms with E-state index >= 15 is 0 Å². The summed E-state index contributed by atoms with van der Waals surface area (Å²) in [5.41, 5.74) is 1.28. The highest BCUT2D eigenvalue weighted by Crippen LogP contribution is 2.20. The third kappa shape index (κ3) is 5.21. The van der Waals surface area contributed by atoms with Crippen LogP contribution < -0.4 is 10.2 Å². The molecule has 2 unspecified atom stereocenters. The number of hydrogen-bond acceptors (Lipinski definition) is 5. The van der Waals surface area contributed by atoms with Gasteiger partial charge in [-0.3, -0.25) is 14.6 Å². The summed E-state index contributed by atoms with van der Waals surface area (Å²) in [5, 5.41) is 11.3. The molecule has 0 aromatic carbocycles. The third-order valence-electron chi connectivity index (χ3n) is 3.61. The lowest BCUT2D eigenvalue weighted by molar-refractivity contribution is -0.137. The summed E-state index contributed by atoms with van der Waals surface area (Å²) >= 11 is 0. The summed E-state index contributed by atoms with van der Waals surface area (Å²) in [6, 6.07) is 3.64. The number of aliphatic carboxylic acids is 1. The van der Waals surface area contributed by atoms with E-state index in [1.807, 2.05) is 19.9 Å². The van der Waals surface area contributed by atoms with Crippen molar-refractivity contribution in [1.29, 1.82) is 0 Å². The van der Waals surface area contributed by atoms with Gasteiger partial charge in [-0.2, -0.15) is 0 Å². The van der Waals surface area contributed by atoms with Crippen molar-refractivity contribution in [3.8, 4) is 0 Å². The van der Waals surface area contributed by atoms with Crippen LogP contribution >= 0.6 is 0 Å². The molecule has 1 amide bonds. The molecule has 23 heavy (non-hydrogen) atoms. The lowest BCUT2D eigenvalue weighted by Gasteiger charge is -2.36. The van der Waals surface area contributed by atoms with Gasteiger partial charge in [0.2, 0.25) is 0 Å². The number of amides is 1. The summed E-state index contributed by atoms with van der Waals surface area (Å²) in [5.74, 6) is -1.15. The van der Waals surface area contributed by atoms with E-state index in [0.29, 0.717) is 18.7 Å². The van der Waals surface area contributed by atoms with Gasteiger partial charge >= 0.3 is 5.97 Å². The van der Waals surface area contributed by atoms with E-state index in [1.54, 1.807) is 12.3 Å². The number of pyridine rings is 1. The molecule has 0 aliphatic carbocycles. The molecule has 2 heterocycles. The van der Waals surface area contributed by atoms with E-state index in [9.17, 15) is 9.59 Å². The highest BCUT2D eigenvalue weighted by atomic mass is 16.5. The number of anilines is 1. The molecule has 0 saturated carbocycles. The number of aromatic nitrogens is 1. The Labute approximate surface area is 135 Å². The molecule has 2 atom stereocenters. The predicted octanol–water partition coefficient (Wildman–Crippen LogP) is 1.29. The summed E-state index contributed by atoms with van der Waals surface area (Å²) in [4.78, 5) is 28.8. The van der Waals surface area contributed by atoms with Crippen molar-refractivity contribution in [3.05, 3.63) is 24.0 Å². The van der Waals surface area contributed by atoms with Crippen molar-refractivity contribution in [1.82, 2.24) is 10.3 Å². The van der Waals surface area contributed by atoms with E-state index in [2.05, 4.69) is 15.2 Å². The number of rotatable bonds is 6. The second kappa shape index (κ2) is 7.92. The van der Waals surface area contributed by atoms with Gasteiger partial charge in [-0.15, -0.1) is 0 Å². The number of carbonyl (C=O) groups excluding carboxylic acids is 1. The van der Waals surface area contributed by atoms with Crippen molar-refractivity contribution in [2.24, 2.45) is 0 Å². The molecular formula is C16H23N3O4. The van der Waals surface area contributed by atoms with Crippen LogP contribution in [0.2, 0.25) is 0 Å². The lowest BCUT2D eigenvalue weighted by Crippen LogP contribution is -2.45. The summed E-state index contributed by atoms with van der Waals surface area (Å²) in [6.45, 7) is 5.92. The number of carbonyl (C=O) groups is 2. The highest BCUT2D eigenvalue weighted by Gasteiger charge is 2.23. The Morgan fingerprint density at radius 3 is 2.74 bits per heavy atom. The van der Waals surface area contributed by atoms with E-state index in [4.69, 9.17) is 9.84 Å². The van der Waals surface area contributed by atoms with Gasteiger partial charge in [0.25, 0.3) is 5.91 Å². The maximum absolute atomic E-state index is 12.1. The molecule has 1 saturated heterocycles. The number of carboxylic acids is 1. The van der Waals surface area contributed by atoms with E-state index < -0.39 is 5.97 Å². The quantitative estimate of drug-likeness (QED) is 0.767. The summed E-state index contributed by atoms with van der Waals surface area (Å²) in [6.07, 6.45) is 2.34. The minimum Gasteiger partial charge on any atom is -0.481 e. The molecule has 0 radical (unpaired) electrons. The maximum Gasteiger partial charge on any atom is 0.303 e. The zero-order valence-electron chi connectivity index (χ0n) is 13.5. The van der Waals surface area contributed by atoms with Gasteiger partial charge in [-0.25, -0.2) is 0 Å². The normalized spacial score (nSPS) is 21.0. The Bertz CT molecular complexity index is 554. The zero-order chi connectivity index (χ0) is 16.8. The Hall–Kier alpha value is -2.15. The summed E-state index contributed by atoms with van der Waals surface area (Å²) < 4.78 is 5.72. The molecule has 1 aromatic rings. The molecule has 1 aromatic heterocycles. The molecule has 1 aliphatic rings. The molecule has 126 valence electrons. The highest BCUT2D eigenvalue weighted by molar-refractivity contribution is 5.93. The number of ether oxygens (including phenoxy) is 1. The molecule has 1 fully saturated rings. The molecule has 2 N–H and O–H groups in total. The van der Waals surface area contributed by atoms with Crippen LogP contribution in [0.1, 0.15) is 37.2 Å². The van der Waals surface area contributed by atoms with E-state index in [0.717, 1.165) is 18.8 Å². The van der Waals surface area contributed by atoms with Crippen LogP contribution in [0.4, 0.5) is 5.69 Å². The minimum absolute atomic E-state index is 0.0390. The Morgan fingerprint density at radius 2 is 2.09 bits per heavy atom. The standard InChI is InChI=1S/C16H23N3O4/c1-11-9-19(10-12(2)23-11)13-5-7-17-14(8-13)16(22)18-6-3-4-15(20)21/h5,7-8,11-12H,3-4,6,9-10H2,1-2H3,(H,18,22)(H,20,21). The van der Waals surface area contributed by atoms with Gasteiger partial charge in [0.15, 0.2) is 0 Å². The molecule has 7 heteroatoms. The van der Waals surface area contributed by atoms with Crippen molar-refractivity contribution in [2.75, 3.05) is 24.5 Å². The molecule has 2 rings (SSSR count). The Kier molecular flexibility index (Phi) is 5.92. The largest absolute Gasteiger partial charge is 0.481 e. The first-order valence-electron chi connectivity index (χ1n) is 7.82. The van der Waals surface area contributed by atoms with Crippen molar-refractivity contribution >= 4 is 17.6 Å². The monoisotopic (exact) mass is 321 g/mol. The fourth-order valence-corrected chi connectivity index (χ4v) is 2.66. The fraction of sp³-hybridized carbons (Fsp3) is 0.562. The van der Waals surface area contributed by atoms with Crippen LogP contribution in [-0.4, -0.2) is 53.8 Å². The number of morpholine rings is 1. The fourth-order valence-electron chi connectivity index (χ4n) is 2.66. The number of nitrogens with zero attached hydrogens (tertiary/aromatic N) is 2. The molecule has 0 bridgehead atoms. The van der Waals surface area contributed by atoms with Gasteiger partial charge in [0, 0.05) is 37.9 Å². The smallest absolute Gasteiger partial charge is 0.303 e. The van der Waals surface area contributed by atoms with E-state index in [-0.39, 0.29) is 24.5 Å². The predicted molar refractivity (Wildman–Crippen MR) is 85.7 cm³/mol. The van der Waals surface area contributed by atoms with Gasteiger partial charge in [-0.05, 0) is 32.4 Å². The first-order valence-corrected chi connectivity index (χ1v) is 7.82. The molecular weight excluding hydrogens is 298 g/mol. The molecule has 0 spiro atoms. The van der Waals surface area contributed by atoms with Crippen molar-refractivity contribution in [3.63, 3.8) is 0 Å². The zero-order valence-corrected chi connectivity index (χ0v) is 13.5. The van der Waals surface area contributed by atoms with Crippen molar-refractivity contribution < 1.29 is 19.4 Å². The lowest BCUT2D eigenvalue weighted by atomic mass is 10.2. The molecule has 7 nitrogen and oxygen atoms in total. The van der Waals surface area contributed by atoms with Gasteiger partial charge in [0.1, 0.15) is 5.69 Å². The van der Waals surface area contributed by atoms with Crippen molar-refractivity contribution in [2.45, 2.75) is 38.9 Å². The average Bonchev–Trinajstić information content (AvgIpc) is 2.50. The maximum atomic E-state index is 12.1. The van der Waals surface area contributed by atoms with Crippen LogP contribution in [0.3, 0.4) is 0 Å². The minimum atomic E-state index is -0.866. The van der Waals surface area contributed by atoms with Crippen LogP contribution in [-0.2, 0) is 9.53 Å². The van der Waals surface area contributed by atoms with Crippen LogP contribution in [0.15, 0.2) is 18.3 Å². The Morgan fingerprint density at radius 1 is 1.39 bits per heavy atom. The first-order chi connectivity index (χ1) is 11.0. The number of hydrogen-bond donors (Lipinski definition) is 2.